The minimum atomic E-state index is -0.367. The van der Waals surface area contributed by atoms with Gasteiger partial charge in [0.15, 0.2) is 11.6 Å². The van der Waals surface area contributed by atoms with Gasteiger partial charge >= 0.3 is 0 Å². The van der Waals surface area contributed by atoms with Gasteiger partial charge in [0, 0.05) is 13.1 Å². The lowest BCUT2D eigenvalue weighted by molar-refractivity contribution is 0.144. The number of nitrogen functional groups attached to an aromatic ring is 1. The fourth-order valence-electron chi connectivity index (χ4n) is 3.59. The van der Waals surface area contributed by atoms with Crippen LogP contribution in [0.5, 0.6) is 0 Å². The van der Waals surface area contributed by atoms with E-state index in [1.165, 1.54) is 38.3 Å². The zero-order valence-corrected chi connectivity index (χ0v) is 11.2. The first kappa shape index (κ1) is 12.6. The van der Waals surface area contributed by atoms with E-state index in [0.29, 0.717) is 11.2 Å². The number of aromatic nitrogens is 2. The summed E-state index contributed by atoms with van der Waals surface area (Å²) in [6, 6.07) is 0. The SMILES string of the molecule is Nc1ncc(F)c(N2CCC3(CCCCC3)CC2)n1. The molecule has 0 unspecified atom stereocenters. The van der Waals surface area contributed by atoms with Crippen LogP contribution in [-0.2, 0) is 0 Å². The van der Waals surface area contributed by atoms with E-state index in [9.17, 15) is 4.39 Å². The number of rotatable bonds is 1. The lowest BCUT2D eigenvalue weighted by Crippen LogP contribution is -2.41. The van der Waals surface area contributed by atoms with Crippen molar-refractivity contribution in [1.82, 2.24) is 9.97 Å². The summed E-state index contributed by atoms with van der Waals surface area (Å²) >= 11 is 0. The zero-order chi connectivity index (χ0) is 13.3. The van der Waals surface area contributed by atoms with Gasteiger partial charge in [-0.25, -0.2) is 9.37 Å². The number of nitrogens with two attached hydrogens (primary N) is 1. The highest BCUT2D eigenvalue weighted by Gasteiger charge is 2.36. The summed E-state index contributed by atoms with van der Waals surface area (Å²) < 4.78 is 13.8. The standard InChI is InChI=1S/C14H21FN4/c15-11-10-17-13(16)18-12(11)19-8-6-14(7-9-19)4-2-1-3-5-14/h10H,1-9H2,(H2,16,17,18). The summed E-state index contributed by atoms with van der Waals surface area (Å²) in [6.45, 7) is 1.76. The van der Waals surface area contributed by atoms with E-state index in [1.54, 1.807) is 0 Å². The first-order valence-electron chi connectivity index (χ1n) is 7.22. The van der Waals surface area contributed by atoms with Crippen molar-refractivity contribution in [2.75, 3.05) is 23.7 Å². The second-order valence-electron chi connectivity index (χ2n) is 5.95. The molecular weight excluding hydrogens is 243 g/mol. The van der Waals surface area contributed by atoms with E-state index >= 15 is 0 Å². The largest absolute Gasteiger partial charge is 0.368 e. The number of hydrogen-bond donors (Lipinski definition) is 1. The van der Waals surface area contributed by atoms with E-state index in [1.807, 2.05) is 4.90 Å². The maximum absolute atomic E-state index is 13.8. The Morgan fingerprint density at radius 2 is 1.79 bits per heavy atom. The van der Waals surface area contributed by atoms with Crippen molar-refractivity contribution in [3.8, 4) is 0 Å². The Bertz CT molecular complexity index is 447. The fraction of sp³-hybridized carbons (Fsp3) is 0.714. The van der Waals surface area contributed by atoms with Crippen LogP contribution in [0.4, 0.5) is 16.2 Å². The third kappa shape index (κ3) is 2.51. The first-order valence-corrected chi connectivity index (χ1v) is 7.22. The van der Waals surface area contributed by atoms with Crippen LogP contribution in [0.25, 0.3) is 0 Å². The monoisotopic (exact) mass is 264 g/mol. The maximum Gasteiger partial charge on any atom is 0.222 e. The van der Waals surface area contributed by atoms with E-state index in [4.69, 9.17) is 5.73 Å². The first-order chi connectivity index (χ1) is 9.19. The Balaban J connectivity index is 1.71. The summed E-state index contributed by atoms with van der Waals surface area (Å²) in [5, 5.41) is 0. The Labute approximate surface area is 113 Å². The molecule has 104 valence electrons. The third-order valence-electron chi connectivity index (χ3n) is 4.78. The van der Waals surface area contributed by atoms with Gasteiger partial charge in [0.2, 0.25) is 5.95 Å². The molecule has 0 aromatic carbocycles. The molecule has 2 aliphatic rings. The van der Waals surface area contributed by atoms with E-state index in [2.05, 4.69) is 9.97 Å². The van der Waals surface area contributed by atoms with Gasteiger partial charge in [-0.15, -0.1) is 0 Å². The van der Waals surface area contributed by atoms with Crippen LogP contribution in [0.1, 0.15) is 44.9 Å². The van der Waals surface area contributed by atoms with Crippen molar-refractivity contribution < 1.29 is 4.39 Å². The Hall–Kier alpha value is -1.39. The number of piperidine rings is 1. The Kier molecular flexibility index (Phi) is 3.29. The summed E-state index contributed by atoms with van der Waals surface area (Å²) in [7, 11) is 0. The minimum Gasteiger partial charge on any atom is -0.368 e. The summed E-state index contributed by atoms with van der Waals surface area (Å²) in [4.78, 5) is 9.75. The van der Waals surface area contributed by atoms with Crippen LogP contribution in [0.3, 0.4) is 0 Å². The normalized spacial score (nSPS) is 22.7. The molecule has 0 atom stereocenters. The molecule has 0 bridgehead atoms. The van der Waals surface area contributed by atoms with Gasteiger partial charge in [-0.2, -0.15) is 4.98 Å². The molecule has 4 nitrogen and oxygen atoms in total. The van der Waals surface area contributed by atoms with Crippen LogP contribution in [-0.4, -0.2) is 23.1 Å². The molecule has 1 aliphatic heterocycles. The fourth-order valence-corrected chi connectivity index (χ4v) is 3.59. The lowest BCUT2D eigenvalue weighted by Gasteiger charge is -2.44. The predicted molar refractivity (Wildman–Crippen MR) is 73.4 cm³/mol. The molecule has 1 saturated carbocycles. The smallest absolute Gasteiger partial charge is 0.222 e. The quantitative estimate of drug-likeness (QED) is 0.847. The van der Waals surface area contributed by atoms with Gasteiger partial charge in [0.05, 0.1) is 6.20 Å². The van der Waals surface area contributed by atoms with Crippen molar-refractivity contribution in [2.24, 2.45) is 5.41 Å². The topological polar surface area (TPSA) is 55.0 Å². The van der Waals surface area contributed by atoms with Crippen molar-refractivity contribution >= 4 is 11.8 Å². The number of nitrogens with zero attached hydrogens (tertiary/aromatic N) is 3. The molecule has 1 aromatic rings. The molecule has 2 N–H and O–H groups in total. The van der Waals surface area contributed by atoms with Gasteiger partial charge in [-0.05, 0) is 31.1 Å². The summed E-state index contributed by atoms with van der Waals surface area (Å²) in [5.74, 6) is 0.154. The lowest BCUT2D eigenvalue weighted by atomic mass is 9.68. The molecule has 1 aliphatic carbocycles. The molecule has 1 saturated heterocycles. The second-order valence-corrected chi connectivity index (χ2v) is 5.95. The van der Waals surface area contributed by atoms with Crippen molar-refractivity contribution in [3.63, 3.8) is 0 Å². The second kappa shape index (κ2) is 4.94. The molecule has 0 radical (unpaired) electrons. The average molecular weight is 264 g/mol. The highest BCUT2D eigenvalue weighted by molar-refractivity contribution is 5.43. The van der Waals surface area contributed by atoms with Gasteiger partial charge in [-0.3, -0.25) is 0 Å². The van der Waals surface area contributed by atoms with Gasteiger partial charge < -0.3 is 10.6 Å². The van der Waals surface area contributed by atoms with Crippen molar-refractivity contribution in [1.29, 1.82) is 0 Å². The van der Waals surface area contributed by atoms with E-state index in [0.717, 1.165) is 25.9 Å². The highest BCUT2D eigenvalue weighted by Crippen LogP contribution is 2.45. The van der Waals surface area contributed by atoms with Crippen LogP contribution in [0, 0.1) is 11.2 Å². The molecule has 1 spiro atoms. The van der Waals surface area contributed by atoms with Crippen molar-refractivity contribution in [2.45, 2.75) is 44.9 Å². The maximum atomic E-state index is 13.8. The molecule has 0 amide bonds. The van der Waals surface area contributed by atoms with E-state index in [-0.39, 0.29) is 11.8 Å². The summed E-state index contributed by atoms with van der Waals surface area (Å²) in [6.07, 6.45) is 10.2. The molecule has 1 aromatic heterocycles. The number of halogens is 1. The number of anilines is 2. The predicted octanol–water partition coefficient (Wildman–Crippen LogP) is 2.75. The molecule has 3 rings (SSSR count). The van der Waals surface area contributed by atoms with Gasteiger partial charge in [0.1, 0.15) is 0 Å². The highest BCUT2D eigenvalue weighted by atomic mass is 19.1. The van der Waals surface area contributed by atoms with Gasteiger partial charge in [0.25, 0.3) is 0 Å². The molecular formula is C14H21FN4. The Morgan fingerprint density at radius 3 is 2.47 bits per heavy atom. The zero-order valence-electron chi connectivity index (χ0n) is 11.2. The third-order valence-corrected chi connectivity index (χ3v) is 4.78. The molecule has 2 fully saturated rings. The molecule has 5 heteroatoms. The van der Waals surface area contributed by atoms with Crippen LogP contribution >= 0.6 is 0 Å². The van der Waals surface area contributed by atoms with Gasteiger partial charge in [-0.1, -0.05) is 19.3 Å². The van der Waals surface area contributed by atoms with E-state index < -0.39 is 0 Å². The van der Waals surface area contributed by atoms with Crippen LogP contribution in [0.15, 0.2) is 6.20 Å². The minimum absolute atomic E-state index is 0.148. The van der Waals surface area contributed by atoms with Crippen LogP contribution < -0.4 is 10.6 Å². The molecule has 2 heterocycles. The Morgan fingerprint density at radius 1 is 1.11 bits per heavy atom. The average Bonchev–Trinajstić information content (AvgIpc) is 2.44. The van der Waals surface area contributed by atoms with Crippen molar-refractivity contribution in [3.05, 3.63) is 12.0 Å². The molecule has 19 heavy (non-hydrogen) atoms. The van der Waals surface area contributed by atoms with Crippen LogP contribution in [0.2, 0.25) is 0 Å². The summed E-state index contributed by atoms with van der Waals surface area (Å²) in [5.41, 5.74) is 6.07. The number of hydrogen-bond acceptors (Lipinski definition) is 4.